The molecule has 3 rings (SSSR count). The summed E-state index contributed by atoms with van der Waals surface area (Å²) >= 11 is 1.65. The van der Waals surface area contributed by atoms with Gasteiger partial charge >= 0.3 is 5.97 Å². The molecular formula is C16H24N2O3S. The van der Waals surface area contributed by atoms with Crippen LogP contribution in [0.3, 0.4) is 0 Å². The van der Waals surface area contributed by atoms with Gasteiger partial charge in [0.05, 0.1) is 12.3 Å². The first-order valence-electron chi connectivity index (χ1n) is 7.86. The van der Waals surface area contributed by atoms with Crippen LogP contribution in [0.2, 0.25) is 0 Å². The lowest BCUT2D eigenvalue weighted by molar-refractivity contribution is -0.147. The van der Waals surface area contributed by atoms with Crippen molar-refractivity contribution in [2.24, 2.45) is 0 Å². The number of ether oxygens (including phenoxy) is 2. The van der Waals surface area contributed by atoms with Crippen molar-refractivity contribution in [3.63, 3.8) is 0 Å². The number of carbonyl (C=O) groups excluding carboxylic acids is 1. The molecule has 3 atom stereocenters. The third-order valence-electron chi connectivity index (χ3n) is 4.25. The number of nitrogens with zero attached hydrogens (tertiary/aromatic N) is 2. The topological polar surface area (TPSA) is 51.7 Å². The van der Waals surface area contributed by atoms with Gasteiger partial charge in [-0.3, -0.25) is 9.69 Å². The lowest BCUT2D eigenvalue weighted by Crippen LogP contribution is -2.46. The smallest absolute Gasteiger partial charge is 0.323 e. The minimum absolute atomic E-state index is 0.0196. The molecule has 6 heteroatoms. The Hall–Kier alpha value is -0.980. The molecule has 3 unspecified atom stereocenters. The number of cyclic esters (lactones) is 1. The van der Waals surface area contributed by atoms with E-state index in [0.29, 0.717) is 13.2 Å². The largest absolute Gasteiger partial charge is 0.461 e. The lowest BCUT2D eigenvalue weighted by atomic mass is 9.93. The summed E-state index contributed by atoms with van der Waals surface area (Å²) in [5.74, 6) is -0.0948. The van der Waals surface area contributed by atoms with Crippen molar-refractivity contribution in [1.29, 1.82) is 0 Å². The van der Waals surface area contributed by atoms with Crippen molar-refractivity contribution in [2.75, 3.05) is 19.7 Å². The molecule has 22 heavy (non-hydrogen) atoms. The van der Waals surface area contributed by atoms with Crippen molar-refractivity contribution in [2.45, 2.75) is 57.8 Å². The van der Waals surface area contributed by atoms with Gasteiger partial charge in [-0.05, 0) is 6.92 Å². The van der Waals surface area contributed by atoms with Crippen LogP contribution in [0.25, 0.3) is 0 Å². The van der Waals surface area contributed by atoms with Crippen LogP contribution >= 0.6 is 11.3 Å². The van der Waals surface area contributed by atoms with Crippen molar-refractivity contribution < 1.29 is 14.3 Å². The summed E-state index contributed by atoms with van der Waals surface area (Å²) in [6, 6.07) is -0.122. The van der Waals surface area contributed by atoms with Crippen LogP contribution in [0.15, 0.2) is 5.38 Å². The highest BCUT2D eigenvalue weighted by atomic mass is 32.1. The monoisotopic (exact) mass is 324 g/mol. The highest BCUT2D eigenvalue weighted by Gasteiger charge is 2.39. The van der Waals surface area contributed by atoms with Crippen molar-refractivity contribution >= 4 is 17.3 Å². The number of thiazole rings is 1. The molecule has 0 aliphatic carbocycles. The third-order valence-corrected chi connectivity index (χ3v) is 5.19. The van der Waals surface area contributed by atoms with E-state index >= 15 is 0 Å². The van der Waals surface area contributed by atoms with Crippen LogP contribution in [0.5, 0.6) is 0 Å². The van der Waals surface area contributed by atoms with E-state index in [9.17, 15) is 4.79 Å². The summed E-state index contributed by atoms with van der Waals surface area (Å²) in [5.41, 5.74) is 1.15. The van der Waals surface area contributed by atoms with Crippen LogP contribution in [0.1, 0.15) is 50.9 Å². The van der Waals surface area contributed by atoms with Crippen molar-refractivity contribution in [3.05, 3.63) is 16.1 Å². The van der Waals surface area contributed by atoms with Gasteiger partial charge in [0.2, 0.25) is 0 Å². The fourth-order valence-corrected chi connectivity index (χ4v) is 4.00. The van der Waals surface area contributed by atoms with E-state index in [0.717, 1.165) is 23.7 Å². The predicted octanol–water partition coefficient (Wildman–Crippen LogP) is 2.52. The van der Waals surface area contributed by atoms with E-state index in [4.69, 9.17) is 14.5 Å². The lowest BCUT2D eigenvalue weighted by Gasteiger charge is -2.34. The Morgan fingerprint density at radius 1 is 1.41 bits per heavy atom. The standard InChI is InChI=1S/C16H24N2O3S/c1-10-7-11(15(19)21-10)18-5-6-20-12(8-18)14-17-13(9-22-14)16(2,3)4/h9-12H,5-8H2,1-4H3. The van der Waals surface area contributed by atoms with Crippen LogP contribution in [-0.2, 0) is 19.7 Å². The summed E-state index contributed by atoms with van der Waals surface area (Å²) in [7, 11) is 0. The zero-order valence-electron chi connectivity index (χ0n) is 13.7. The number of hydrogen-bond acceptors (Lipinski definition) is 6. The summed E-state index contributed by atoms with van der Waals surface area (Å²) in [6.45, 7) is 10.6. The molecule has 0 bridgehead atoms. The Balaban J connectivity index is 1.71. The van der Waals surface area contributed by atoms with E-state index in [2.05, 4.69) is 31.1 Å². The van der Waals surface area contributed by atoms with E-state index in [-0.39, 0.29) is 29.6 Å². The first kappa shape index (κ1) is 15.9. The molecule has 0 N–H and O–H groups in total. The van der Waals surface area contributed by atoms with Gasteiger partial charge in [-0.2, -0.15) is 0 Å². The predicted molar refractivity (Wildman–Crippen MR) is 85.0 cm³/mol. The number of hydrogen-bond donors (Lipinski definition) is 0. The Morgan fingerprint density at radius 2 is 2.18 bits per heavy atom. The van der Waals surface area contributed by atoms with Gasteiger partial charge in [-0.25, -0.2) is 4.98 Å². The highest BCUT2D eigenvalue weighted by molar-refractivity contribution is 7.09. The highest BCUT2D eigenvalue weighted by Crippen LogP contribution is 2.32. The Kier molecular flexibility index (Phi) is 4.27. The van der Waals surface area contributed by atoms with Gasteiger partial charge in [0.25, 0.3) is 0 Å². The number of rotatable bonds is 2. The quantitative estimate of drug-likeness (QED) is 0.783. The molecule has 0 radical (unpaired) electrons. The maximum absolute atomic E-state index is 11.9. The zero-order valence-corrected chi connectivity index (χ0v) is 14.5. The number of morpholine rings is 1. The molecule has 2 fully saturated rings. The summed E-state index contributed by atoms with van der Waals surface area (Å²) < 4.78 is 11.2. The summed E-state index contributed by atoms with van der Waals surface area (Å²) in [4.78, 5) is 18.9. The maximum Gasteiger partial charge on any atom is 0.323 e. The van der Waals surface area contributed by atoms with Gasteiger partial charge < -0.3 is 9.47 Å². The van der Waals surface area contributed by atoms with Gasteiger partial charge in [-0.15, -0.1) is 11.3 Å². The van der Waals surface area contributed by atoms with Crippen LogP contribution < -0.4 is 0 Å². The summed E-state index contributed by atoms with van der Waals surface area (Å²) in [6.07, 6.45) is 0.751. The maximum atomic E-state index is 11.9. The third kappa shape index (κ3) is 3.19. The molecule has 2 aliphatic heterocycles. The molecule has 1 aromatic rings. The molecule has 0 aromatic carbocycles. The van der Waals surface area contributed by atoms with Crippen molar-refractivity contribution in [1.82, 2.24) is 9.88 Å². The number of esters is 1. The second-order valence-electron chi connectivity index (χ2n) is 7.17. The van der Waals surface area contributed by atoms with Crippen LogP contribution in [0.4, 0.5) is 0 Å². The number of aromatic nitrogens is 1. The average molecular weight is 324 g/mol. The van der Waals surface area contributed by atoms with Crippen molar-refractivity contribution in [3.8, 4) is 0 Å². The zero-order chi connectivity index (χ0) is 15.9. The normalized spacial score (nSPS) is 30.5. The Bertz CT molecular complexity index is 552. The molecule has 122 valence electrons. The second kappa shape index (κ2) is 5.91. The Labute approximate surface area is 135 Å². The average Bonchev–Trinajstić information content (AvgIpc) is 3.05. The van der Waals surface area contributed by atoms with Crippen LogP contribution in [0, 0.1) is 0 Å². The summed E-state index contributed by atoms with van der Waals surface area (Å²) in [5, 5.41) is 3.12. The Morgan fingerprint density at radius 3 is 2.77 bits per heavy atom. The SMILES string of the molecule is CC1CC(N2CCOC(c3nc(C(C)(C)C)cs3)C2)C(=O)O1. The molecule has 3 heterocycles. The molecule has 1 aromatic heterocycles. The van der Waals surface area contributed by atoms with Crippen LogP contribution in [-0.4, -0.2) is 47.7 Å². The first-order chi connectivity index (χ1) is 10.3. The first-order valence-corrected chi connectivity index (χ1v) is 8.74. The molecular weight excluding hydrogens is 300 g/mol. The molecule has 0 saturated carbocycles. The second-order valence-corrected chi connectivity index (χ2v) is 8.06. The molecule has 5 nitrogen and oxygen atoms in total. The molecule has 0 amide bonds. The van der Waals surface area contributed by atoms with E-state index in [1.165, 1.54) is 0 Å². The minimum atomic E-state index is -0.122. The van der Waals surface area contributed by atoms with E-state index < -0.39 is 0 Å². The van der Waals surface area contributed by atoms with Gasteiger partial charge in [0, 0.05) is 30.3 Å². The fraction of sp³-hybridized carbons (Fsp3) is 0.750. The molecule has 2 aliphatic rings. The molecule has 0 spiro atoms. The van der Waals surface area contributed by atoms with Gasteiger partial charge in [-0.1, -0.05) is 20.8 Å². The van der Waals surface area contributed by atoms with Gasteiger partial charge in [0.1, 0.15) is 23.3 Å². The van der Waals surface area contributed by atoms with E-state index in [1.807, 2.05) is 6.92 Å². The number of carbonyl (C=O) groups is 1. The molecule has 2 saturated heterocycles. The minimum Gasteiger partial charge on any atom is -0.461 e. The van der Waals surface area contributed by atoms with Gasteiger partial charge in [0.15, 0.2) is 0 Å². The van der Waals surface area contributed by atoms with E-state index in [1.54, 1.807) is 11.3 Å². The fourth-order valence-electron chi connectivity index (χ4n) is 2.92.